The Kier molecular flexibility index (Phi) is 3.55. The number of sulfonamides is 1. The minimum Gasteiger partial charge on any atom is -0.383 e. The third kappa shape index (κ3) is 3.47. The van der Waals surface area contributed by atoms with Crippen molar-refractivity contribution >= 4 is 25.7 Å². The van der Waals surface area contributed by atoms with Crippen LogP contribution in [0.25, 0.3) is 0 Å². The van der Waals surface area contributed by atoms with Crippen molar-refractivity contribution in [1.82, 2.24) is 14.9 Å². The summed E-state index contributed by atoms with van der Waals surface area (Å²) in [6, 6.07) is 0. The van der Waals surface area contributed by atoms with Gasteiger partial charge in [0.05, 0.1) is 11.9 Å². The second kappa shape index (κ2) is 4.39. The third-order valence-corrected chi connectivity index (χ3v) is 4.12. The maximum atomic E-state index is 11.6. The molecule has 0 amide bonds. The average Bonchev–Trinajstić information content (AvgIpc) is 2.48. The van der Waals surface area contributed by atoms with Crippen LogP contribution in [0.15, 0.2) is 11.1 Å². The lowest BCUT2D eigenvalue weighted by atomic mass is 10.7. The summed E-state index contributed by atoms with van der Waals surface area (Å²) >= 11 is 0. The zero-order valence-corrected chi connectivity index (χ0v) is 10.1. The average molecular weight is 268 g/mol. The van der Waals surface area contributed by atoms with Gasteiger partial charge in [-0.3, -0.25) is 5.10 Å². The SMILES string of the molecule is CS(=O)(=O)CCNS(=O)(=O)c1cn[nH]c1N. The first-order valence-electron chi connectivity index (χ1n) is 4.18. The second-order valence-electron chi connectivity index (χ2n) is 3.18. The van der Waals surface area contributed by atoms with E-state index in [4.69, 9.17) is 5.73 Å². The van der Waals surface area contributed by atoms with Crippen LogP contribution in [0.1, 0.15) is 0 Å². The molecular formula is C6H12N4O4S2. The summed E-state index contributed by atoms with van der Waals surface area (Å²) in [5, 5.41) is 5.73. The molecule has 0 aliphatic rings. The van der Waals surface area contributed by atoms with Crippen LogP contribution in [0, 0.1) is 0 Å². The molecule has 0 saturated heterocycles. The fraction of sp³-hybridized carbons (Fsp3) is 0.500. The maximum Gasteiger partial charge on any atom is 0.245 e. The summed E-state index contributed by atoms with van der Waals surface area (Å²) < 4.78 is 46.8. The number of rotatable bonds is 5. The Morgan fingerprint density at radius 3 is 2.50 bits per heavy atom. The van der Waals surface area contributed by atoms with E-state index in [2.05, 4.69) is 14.9 Å². The molecule has 0 fully saturated rings. The number of aromatic nitrogens is 2. The molecule has 0 unspecified atom stereocenters. The van der Waals surface area contributed by atoms with E-state index in [-0.39, 0.29) is 23.0 Å². The molecule has 0 aromatic carbocycles. The van der Waals surface area contributed by atoms with Crippen LogP contribution in [0.3, 0.4) is 0 Å². The molecule has 0 atom stereocenters. The van der Waals surface area contributed by atoms with Gasteiger partial charge < -0.3 is 5.73 Å². The number of nitrogen functional groups attached to an aromatic ring is 1. The van der Waals surface area contributed by atoms with Gasteiger partial charge in [0.25, 0.3) is 0 Å². The molecule has 92 valence electrons. The third-order valence-electron chi connectivity index (χ3n) is 1.69. The van der Waals surface area contributed by atoms with Crippen molar-refractivity contribution < 1.29 is 16.8 Å². The smallest absolute Gasteiger partial charge is 0.245 e. The Balaban J connectivity index is 2.72. The molecule has 0 aliphatic carbocycles. The van der Waals surface area contributed by atoms with Gasteiger partial charge in [0, 0.05) is 12.8 Å². The van der Waals surface area contributed by atoms with E-state index in [9.17, 15) is 16.8 Å². The number of hydrogen-bond donors (Lipinski definition) is 3. The Bertz CT molecular complexity index is 559. The first-order valence-corrected chi connectivity index (χ1v) is 7.73. The lowest BCUT2D eigenvalue weighted by molar-refractivity contribution is 0.582. The molecule has 16 heavy (non-hydrogen) atoms. The van der Waals surface area contributed by atoms with Gasteiger partial charge in [-0.2, -0.15) is 5.10 Å². The van der Waals surface area contributed by atoms with Crippen LogP contribution in [-0.2, 0) is 19.9 Å². The Labute approximate surface area is 93.2 Å². The van der Waals surface area contributed by atoms with Crippen LogP contribution in [-0.4, -0.2) is 45.6 Å². The maximum absolute atomic E-state index is 11.6. The van der Waals surface area contributed by atoms with Crippen molar-refractivity contribution in [3.05, 3.63) is 6.20 Å². The summed E-state index contributed by atoms with van der Waals surface area (Å²) in [6.07, 6.45) is 2.08. The molecule has 8 nitrogen and oxygen atoms in total. The Hall–Kier alpha value is -1.13. The quantitative estimate of drug-likeness (QED) is 0.583. The number of aromatic amines is 1. The number of nitrogens with one attached hydrogen (secondary N) is 2. The van der Waals surface area contributed by atoms with E-state index in [0.717, 1.165) is 12.5 Å². The molecule has 1 heterocycles. The fourth-order valence-corrected chi connectivity index (χ4v) is 2.59. The van der Waals surface area contributed by atoms with Crippen molar-refractivity contribution in [2.75, 3.05) is 24.3 Å². The number of hydrogen-bond acceptors (Lipinski definition) is 6. The molecule has 0 bridgehead atoms. The van der Waals surface area contributed by atoms with E-state index >= 15 is 0 Å². The fourth-order valence-electron chi connectivity index (χ4n) is 0.938. The number of H-pyrrole nitrogens is 1. The molecule has 4 N–H and O–H groups in total. The largest absolute Gasteiger partial charge is 0.383 e. The minimum absolute atomic E-state index is 0.0909. The topological polar surface area (TPSA) is 135 Å². The molecule has 1 rings (SSSR count). The van der Waals surface area contributed by atoms with Crippen molar-refractivity contribution in [2.24, 2.45) is 0 Å². The van der Waals surface area contributed by atoms with Gasteiger partial charge in [0.1, 0.15) is 20.6 Å². The van der Waals surface area contributed by atoms with Crippen molar-refractivity contribution in [3.8, 4) is 0 Å². The molecular weight excluding hydrogens is 256 g/mol. The zero-order valence-electron chi connectivity index (χ0n) is 8.47. The summed E-state index contributed by atoms with van der Waals surface area (Å²) in [7, 11) is -7.01. The highest BCUT2D eigenvalue weighted by atomic mass is 32.2. The summed E-state index contributed by atoms with van der Waals surface area (Å²) in [5.74, 6) is -0.365. The highest BCUT2D eigenvalue weighted by Crippen LogP contribution is 2.12. The Morgan fingerprint density at radius 1 is 1.44 bits per heavy atom. The van der Waals surface area contributed by atoms with Crippen molar-refractivity contribution in [2.45, 2.75) is 4.90 Å². The van der Waals surface area contributed by atoms with Gasteiger partial charge >= 0.3 is 0 Å². The van der Waals surface area contributed by atoms with Gasteiger partial charge in [0.15, 0.2) is 0 Å². The highest BCUT2D eigenvalue weighted by Gasteiger charge is 2.19. The van der Waals surface area contributed by atoms with Crippen LogP contribution in [0.4, 0.5) is 5.82 Å². The van der Waals surface area contributed by atoms with Gasteiger partial charge in [-0.15, -0.1) is 0 Å². The summed E-state index contributed by atoms with van der Waals surface area (Å²) in [4.78, 5) is -0.194. The lowest BCUT2D eigenvalue weighted by Gasteiger charge is -2.04. The molecule has 10 heteroatoms. The van der Waals surface area contributed by atoms with E-state index in [1.54, 1.807) is 0 Å². The molecule has 1 aromatic rings. The van der Waals surface area contributed by atoms with Gasteiger partial charge in [-0.25, -0.2) is 21.6 Å². The molecule has 1 aromatic heterocycles. The van der Waals surface area contributed by atoms with E-state index < -0.39 is 19.9 Å². The lowest BCUT2D eigenvalue weighted by Crippen LogP contribution is -2.29. The van der Waals surface area contributed by atoms with E-state index in [1.165, 1.54) is 0 Å². The Morgan fingerprint density at radius 2 is 2.06 bits per heavy atom. The first kappa shape index (κ1) is 12.9. The van der Waals surface area contributed by atoms with Crippen LogP contribution in [0.2, 0.25) is 0 Å². The monoisotopic (exact) mass is 268 g/mol. The number of sulfone groups is 1. The molecule has 0 spiro atoms. The second-order valence-corrected chi connectivity index (χ2v) is 7.17. The normalized spacial score (nSPS) is 12.8. The standard InChI is InChI=1S/C6H12N4O4S2/c1-15(11,12)3-2-9-16(13,14)5-4-8-10-6(5)7/h4,9H,2-3H2,1H3,(H3,7,8,10). The number of nitrogens with two attached hydrogens (primary N) is 1. The van der Waals surface area contributed by atoms with E-state index in [1.807, 2.05) is 0 Å². The van der Waals surface area contributed by atoms with Gasteiger partial charge in [-0.05, 0) is 0 Å². The van der Waals surface area contributed by atoms with Crippen molar-refractivity contribution in [1.29, 1.82) is 0 Å². The van der Waals surface area contributed by atoms with E-state index in [0.29, 0.717) is 0 Å². The molecule has 0 aliphatic heterocycles. The molecule has 0 saturated carbocycles. The zero-order chi connectivity index (χ0) is 12.4. The van der Waals surface area contributed by atoms with Crippen LogP contribution < -0.4 is 10.5 Å². The van der Waals surface area contributed by atoms with Gasteiger partial charge in [-0.1, -0.05) is 0 Å². The first-order chi connectivity index (χ1) is 7.22. The number of nitrogens with zero attached hydrogens (tertiary/aromatic N) is 1. The van der Waals surface area contributed by atoms with Gasteiger partial charge in [0.2, 0.25) is 10.0 Å². The summed E-state index contributed by atoms with van der Waals surface area (Å²) in [6.45, 7) is -0.203. The summed E-state index contributed by atoms with van der Waals surface area (Å²) in [5.41, 5.74) is 5.33. The minimum atomic E-state index is -3.80. The van der Waals surface area contributed by atoms with Crippen LogP contribution >= 0.6 is 0 Å². The van der Waals surface area contributed by atoms with Crippen LogP contribution in [0.5, 0.6) is 0 Å². The highest BCUT2D eigenvalue weighted by molar-refractivity contribution is 7.91. The predicted octanol–water partition coefficient (Wildman–Crippen LogP) is -1.69. The number of anilines is 1. The predicted molar refractivity (Wildman–Crippen MR) is 57.9 cm³/mol. The molecule has 0 radical (unpaired) electrons. The van der Waals surface area contributed by atoms with Crippen molar-refractivity contribution in [3.63, 3.8) is 0 Å².